The SMILES string of the molecule is COCC1(Cn2cc(C)c(N)n2)CCC1. The Morgan fingerprint density at radius 1 is 1.60 bits per heavy atom. The molecule has 2 rings (SSSR count). The summed E-state index contributed by atoms with van der Waals surface area (Å²) < 4.78 is 7.25. The normalized spacial score (nSPS) is 18.8. The molecule has 4 nitrogen and oxygen atoms in total. The van der Waals surface area contributed by atoms with Gasteiger partial charge in [-0.15, -0.1) is 0 Å². The van der Waals surface area contributed by atoms with Crippen LogP contribution in [0, 0.1) is 12.3 Å². The Kier molecular flexibility index (Phi) is 2.69. The second kappa shape index (κ2) is 3.85. The number of hydrogen-bond acceptors (Lipinski definition) is 3. The fourth-order valence-electron chi connectivity index (χ4n) is 2.29. The molecule has 0 aromatic carbocycles. The van der Waals surface area contributed by atoms with Crippen molar-refractivity contribution in [3.8, 4) is 0 Å². The Balaban J connectivity index is 2.06. The van der Waals surface area contributed by atoms with E-state index in [2.05, 4.69) is 5.10 Å². The van der Waals surface area contributed by atoms with Gasteiger partial charge in [0, 0.05) is 30.8 Å². The van der Waals surface area contributed by atoms with Crippen LogP contribution in [-0.4, -0.2) is 23.5 Å². The number of nitrogens with zero attached hydrogens (tertiary/aromatic N) is 2. The molecule has 0 spiro atoms. The first-order valence-corrected chi connectivity index (χ1v) is 5.44. The highest BCUT2D eigenvalue weighted by Crippen LogP contribution is 2.42. The van der Waals surface area contributed by atoms with Crippen molar-refractivity contribution in [3.63, 3.8) is 0 Å². The number of aromatic nitrogens is 2. The second-order valence-electron chi connectivity index (χ2n) is 4.68. The highest BCUT2D eigenvalue weighted by atomic mass is 16.5. The van der Waals surface area contributed by atoms with E-state index < -0.39 is 0 Å². The van der Waals surface area contributed by atoms with E-state index in [1.807, 2.05) is 17.8 Å². The van der Waals surface area contributed by atoms with Crippen LogP contribution >= 0.6 is 0 Å². The first-order chi connectivity index (χ1) is 7.15. The van der Waals surface area contributed by atoms with Gasteiger partial charge in [0.05, 0.1) is 6.61 Å². The van der Waals surface area contributed by atoms with Crippen molar-refractivity contribution >= 4 is 5.82 Å². The summed E-state index contributed by atoms with van der Waals surface area (Å²) in [5.74, 6) is 0.641. The smallest absolute Gasteiger partial charge is 0.148 e. The van der Waals surface area contributed by atoms with Gasteiger partial charge in [0.25, 0.3) is 0 Å². The Morgan fingerprint density at radius 2 is 2.33 bits per heavy atom. The molecule has 2 N–H and O–H groups in total. The lowest BCUT2D eigenvalue weighted by atomic mass is 9.69. The van der Waals surface area contributed by atoms with Gasteiger partial charge >= 0.3 is 0 Å². The molecule has 1 aliphatic rings. The first-order valence-electron chi connectivity index (χ1n) is 5.44. The van der Waals surface area contributed by atoms with Crippen molar-refractivity contribution in [1.29, 1.82) is 0 Å². The molecule has 0 atom stereocenters. The van der Waals surface area contributed by atoms with Crippen LogP contribution < -0.4 is 5.73 Å². The van der Waals surface area contributed by atoms with Crippen LogP contribution in [0.4, 0.5) is 5.82 Å². The third-order valence-electron chi connectivity index (χ3n) is 3.35. The van der Waals surface area contributed by atoms with E-state index in [-0.39, 0.29) is 0 Å². The molecule has 0 unspecified atom stereocenters. The predicted octanol–water partition coefficient (Wildman–Crippen LogP) is 1.59. The van der Waals surface area contributed by atoms with Gasteiger partial charge in [-0.1, -0.05) is 6.42 Å². The molecule has 1 aliphatic carbocycles. The van der Waals surface area contributed by atoms with Crippen molar-refractivity contribution in [1.82, 2.24) is 9.78 Å². The summed E-state index contributed by atoms with van der Waals surface area (Å²) in [5.41, 5.74) is 7.09. The standard InChI is InChI=1S/C11H19N3O/c1-9-6-14(13-10(9)12)7-11(8-15-2)4-3-5-11/h6H,3-5,7-8H2,1-2H3,(H2,12,13). The van der Waals surface area contributed by atoms with Crippen molar-refractivity contribution in [2.24, 2.45) is 5.41 Å². The van der Waals surface area contributed by atoms with Gasteiger partial charge in [-0.25, -0.2) is 0 Å². The Hall–Kier alpha value is -1.03. The average molecular weight is 209 g/mol. The summed E-state index contributed by atoms with van der Waals surface area (Å²) in [4.78, 5) is 0. The summed E-state index contributed by atoms with van der Waals surface area (Å²) in [6, 6.07) is 0. The molecule has 1 heterocycles. The molecule has 1 aromatic rings. The van der Waals surface area contributed by atoms with Crippen LogP contribution in [0.25, 0.3) is 0 Å². The van der Waals surface area contributed by atoms with Crippen molar-refractivity contribution in [2.45, 2.75) is 32.7 Å². The molecular weight excluding hydrogens is 190 g/mol. The molecular formula is C11H19N3O. The minimum atomic E-state index is 0.305. The van der Waals surface area contributed by atoms with E-state index in [1.165, 1.54) is 19.3 Å². The maximum Gasteiger partial charge on any atom is 0.148 e. The van der Waals surface area contributed by atoms with Crippen LogP contribution in [0.3, 0.4) is 0 Å². The van der Waals surface area contributed by atoms with Gasteiger partial charge in [-0.3, -0.25) is 4.68 Å². The quantitative estimate of drug-likeness (QED) is 0.819. The Morgan fingerprint density at radius 3 is 2.73 bits per heavy atom. The van der Waals surface area contributed by atoms with Gasteiger partial charge in [-0.05, 0) is 19.8 Å². The monoisotopic (exact) mass is 209 g/mol. The fourth-order valence-corrected chi connectivity index (χ4v) is 2.29. The third kappa shape index (κ3) is 2.00. The van der Waals surface area contributed by atoms with E-state index >= 15 is 0 Å². The summed E-state index contributed by atoms with van der Waals surface area (Å²) in [6.07, 6.45) is 5.80. The van der Waals surface area contributed by atoms with Crippen LogP contribution in [0.1, 0.15) is 24.8 Å². The van der Waals surface area contributed by atoms with E-state index in [1.54, 1.807) is 7.11 Å². The van der Waals surface area contributed by atoms with E-state index in [4.69, 9.17) is 10.5 Å². The Labute approximate surface area is 90.4 Å². The third-order valence-corrected chi connectivity index (χ3v) is 3.35. The number of aryl methyl sites for hydroxylation is 1. The van der Waals surface area contributed by atoms with Crippen LogP contribution in [-0.2, 0) is 11.3 Å². The number of methoxy groups -OCH3 is 1. The van der Waals surface area contributed by atoms with Crippen LogP contribution in [0.5, 0.6) is 0 Å². The first kappa shape index (κ1) is 10.5. The Bertz CT molecular complexity index is 322. The zero-order valence-electron chi connectivity index (χ0n) is 9.49. The summed E-state index contributed by atoms with van der Waals surface area (Å²) in [6.45, 7) is 3.74. The molecule has 4 heteroatoms. The maximum absolute atomic E-state index is 5.73. The molecule has 15 heavy (non-hydrogen) atoms. The maximum atomic E-state index is 5.73. The lowest BCUT2D eigenvalue weighted by Crippen LogP contribution is -2.38. The summed E-state index contributed by atoms with van der Waals surface area (Å²) >= 11 is 0. The average Bonchev–Trinajstić information content (AvgIpc) is 2.42. The van der Waals surface area contributed by atoms with Gasteiger partial charge in [-0.2, -0.15) is 5.10 Å². The lowest BCUT2D eigenvalue weighted by Gasteiger charge is -2.41. The highest BCUT2D eigenvalue weighted by Gasteiger charge is 2.37. The largest absolute Gasteiger partial charge is 0.384 e. The minimum absolute atomic E-state index is 0.305. The lowest BCUT2D eigenvalue weighted by molar-refractivity contribution is 0.000777. The molecule has 0 bridgehead atoms. The van der Waals surface area contributed by atoms with Gasteiger partial charge in [0.2, 0.25) is 0 Å². The van der Waals surface area contributed by atoms with Crippen molar-refractivity contribution in [3.05, 3.63) is 11.8 Å². The number of nitrogens with two attached hydrogens (primary N) is 1. The van der Waals surface area contributed by atoms with E-state index in [9.17, 15) is 0 Å². The number of nitrogen functional groups attached to an aromatic ring is 1. The van der Waals surface area contributed by atoms with Crippen LogP contribution in [0.15, 0.2) is 6.20 Å². The summed E-state index contributed by atoms with van der Waals surface area (Å²) in [5, 5.41) is 4.30. The predicted molar refractivity (Wildman–Crippen MR) is 59.5 cm³/mol. The fraction of sp³-hybridized carbons (Fsp3) is 0.727. The molecule has 0 radical (unpaired) electrons. The second-order valence-corrected chi connectivity index (χ2v) is 4.68. The molecule has 1 aromatic heterocycles. The van der Waals surface area contributed by atoms with Gasteiger partial charge in [0.1, 0.15) is 5.82 Å². The highest BCUT2D eigenvalue weighted by molar-refractivity contribution is 5.35. The molecule has 0 saturated heterocycles. The zero-order valence-corrected chi connectivity index (χ0v) is 9.49. The van der Waals surface area contributed by atoms with Gasteiger partial charge in [0.15, 0.2) is 0 Å². The number of anilines is 1. The zero-order chi connectivity index (χ0) is 10.9. The van der Waals surface area contributed by atoms with Crippen molar-refractivity contribution in [2.75, 3.05) is 19.5 Å². The molecule has 1 saturated carbocycles. The summed E-state index contributed by atoms with van der Waals surface area (Å²) in [7, 11) is 1.77. The van der Waals surface area contributed by atoms with E-state index in [0.717, 1.165) is 18.7 Å². The van der Waals surface area contributed by atoms with E-state index in [0.29, 0.717) is 11.2 Å². The number of rotatable bonds is 4. The van der Waals surface area contributed by atoms with Crippen LogP contribution in [0.2, 0.25) is 0 Å². The molecule has 0 amide bonds. The number of ether oxygens (including phenoxy) is 1. The number of hydrogen-bond donors (Lipinski definition) is 1. The molecule has 0 aliphatic heterocycles. The topological polar surface area (TPSA) is 53.1 Å². The van der Waals surface area contributed by atoms with Gasteiger partial charge < -0.3 is 10.5 Å². The molecule has 84 valence electrons. The van der Waals surface area contributed by atoms with Crippen molar-refractivity contribution < 1.29 is 4.74 Å². The molecule has 1 fully saturated rings. The minimum Gasteiger partial charge on any atom is -0.384 e.